The Morgan fingerprint density at radius 3 is 2.56 bits per heavy atom. The van der Waals surface area contributed by atoms with Crippen molar-refractivity contribution in [2.45, 2.75) is 43.7 Å². The summed E-state index contributed by atoms with van der Waals surface area (Å²) in [7, 11) is -4.20. The number of aromatic nitrogens is 2. The van der Waals surface area contributed by atoms with E-state index < -0.39 is 22.0 Å². The van der Waals surface area contributed by atoms with Gasteiger partial charge in [-0.1, -0.05) is 46.6 Å². The first-order valence-corrected chi connectivity index (χ1v) is 17.2. The Labute approximate surface area is 287 Å². The minimum absolute atomic E-state index is 0.0687. The minimum atomic E-state index is -4.20. The fraction of sp³-hybridized carbons (Fsp3) is 0.281. The molecular formula is C32H33Cl2N7O6S. The summed E-state index contributed by atoms with van der Waals surface area (Å²) in [5.41, 5.74) is 8.56. The average molecular weight is 715 g/mol. The number of oxime groups is 1. The van der Waals surface area contributed by atoms with Gasteiger partial charge in [0.2, 0.25) is 15.9 Å². The molecule has 1 aliphatic rings. The second-order valence-electron chi connectivity index (χ2n) is 11.0. The van der Waals surface area contributed by atoms with Crippen molar-refractivity contribution in [3.05, 3.63) is 93.2 Å². The molecule has 1 aliphatic heterocycles. The molecule has 0 radical (unpaired) electrons. The topological polar surface area (TPSA) is 189 Å². The predicted molar refractivity (Wildman–Crippen MR) is 181 cm³/mol. The molecule has 2 heterocycles. The number of rotatable bonds is 12. The SMILES string of the molecule is Cc1cnc2cccc(OCc3c(Cl)ccc(S(=O)(=O)N4CCCC4C(=O)NCCCNC(=O)c4ccc(C(N)=NO)cc4)c3Cl)c2n1. The van der Waals surface area contributed by atoms with E-state index in [0.29, 0.717) is 52.9 Å². The first kappa shape index (κ1) is 34.8. The Balaban J connectivity index is 1.19. The fourth-order valence-electron chi connectivity index (χ4n) is 5.26. The zero-order valence-electron chi connectivity index (χ0n) is 25.8. The third-order valence-electron chi connectivity index (χ3n) is 7.76. The molecule has 3 aromatic carbocycles. The lowest BCUT2D eigenvalue weighted by Gasteiger charge is -2.24. The zero-order valence-corrected chi connectivity index (χ0v) is 28.1. The third kappa shape index (κ3) is 7.62. The van der Waals surface area contributed by atoms with Gasteiger partial charge in [-0.25, -0.2) is 13.4 Å². The lowest BCUT2D eigenvalue weighted by Crippen LogP contribution is -2.46. The fourth-order valence-corrected chi connectivity index (χ4v) is 7.78. The summed E-state index contributed by atoms with van der Waals surface area (Å²) < 4.78 is 34.9. The Morgan fingerprint density at radius 1 is 1.08 bits per heavy atom. The van der Waals surface area contributed by atoms with Crippen molar-refractivity contribution in [3.8, 4) is 5.75 Å². The number of amides is 2. The van der Waals surface area contributed by atoms with E-state index in [9.17, 15) is 18.0 Å². The first-order valence-electron chi connectivity index (χ1n) is 15.0. The molecule has 5 rings (SSSR count). The first-order chi connectivity index (χ1) is 23.0. The van der Waals surface area contributed by atoms with Gasteiger partial charge in [0.1, 0.15) is 28.8 Å². The number of ether oxygens (including phenoxy) is 1. The van der Waals surface area contributed by atoms with Crippen LogP contribution in [0.4, 0.5) is 0 Å². The van der Waals surface area contributed by atoms with E-state index in [0.717, 1.165) is 4.31 Å². The van der Waals surface area contributed by atoms with Crippen molar-refractivity contribution in [2.75, 3.05) is 19.6 Å². The number of nitrogens with zero attached hydrogens (tertiary/aromatic N) is 4. The number of carbonyl (C=O) groups is 2. The molecule has 1 saturated heterocycles. The molecule has 13 nitrogen and oxygen atoms in total. The quantitative estimate of drug-likeness (QED) is 0.0553. The Bertz CT molecular complexity index is 1980. The van der Waals surface area contributed by atoms with Crippen LogP contribution in [0.25, 0.3) is 11.0 Å². The lowest BCUT2D eigenvalue weighted by molar-refractivity contribution is -0.124. The van der Waals surface area contributed by atoms with E-state index in [4.69, 9.17) is 38.9 Å². The Kier molecular flexibility index (Phi) is 11.0. The summed E-state index contributed by atoms with van der Waals surface area (Å²) in [5.74, 6) is -0.400. The number of para-hydroxylation sites is 1. The molecular weight excluding hydrogens is 681 g/mol. The summed E-state index contributed by atoms with van der Waals surface area (Å²) in [4.78, 5) is 34.2. The monoisotopic (exact) mass is 713 g/mol. The molecule has 1 aromatic heterocycles. The number of halogens is 2. The van der Waals surface area contributed by atoms with Gasteiger partial charge in [-0.2, -0.15) is 4.31 Å². The van der Waals surface area contributed by atoms with Crippen molar-refractivity contribution >= 4 is 61.9 Å². The highest BCUT2D eigenvalue weighted by Gasteiger charge is 2.40. The zero-order chi connectivity index (χ0) is 34.4. The van der Waals surface area contributed by atoms with Crippen LogP contribution in [0.3, 0.4) is 0 Å². The maximum Gasteiger partial charge on any atom is 0.251 e. The number of hydrogen-bond acceptors (Lipinski definition) is 9. The van der Waals surface area contributed by atoms with E-state index in [-0.39, 0.29) is 58.5 Å². The van der Waals surface area contributed by atoms with E-state index in [2.05, 4.69) is 25.8 Å². The van der Waals surface area contributed by atoms with Crippen LogP contribution in [0.1, 0.15) is 46.4 Å². The van der Waals surface area contributed by atoms with E-state index in [1.54, 1.807) is 48.7 Å². The molecule has 1 unspecified atom stereocenters. The highest BCUT2D eigenvalue weighted by atomic mass is 35.5. The van der Waals surface area contributed by atoms with Crippen molar-refractivity contribution in [1.29, 1.82) is 0 Å². The van der Waals surface area contributed by atoms with Crippen molar-refractivity contribution in [3.63, 3.8) is 0 Å². The number of nitrogens with two attached hydrogens (primary N) is 1. The summed E-state index contributed by atoms with van der Waals surface area (Å²) in [5, 5.41) is 17.4. The average Bonchev–Trinajstić information content (AvgIpc) is 3.59. The van der Waals surface area contributed by atoms with Crippen molar-refractivity contribution in [2.24, 2.45) is 10.9 Å². The molecule has 0 aliphatic carbocycles. The van der Waals surface area contributed by atoms with Crippen LogP contribution >= 0.6 is 23.2 Å². The maximum atomic E-state index is 13.9. The number of amidine groups is 1. The second-order valence-corrected chi connectivity index (χ2v) is 13.6. The second kappa shape index (κ2) is 15.2. The molecule has 252 valence electrons. The summed E-state index contributed by atoms with van der Waals surface area (Å²) in [6.45, 7) is 2.31. The Morgan fingerprint density at radius 2 is 1.81 bits per heavy atom. The molecule has 5 N–H and O–H groups in total. The normalized spacial score (nSPS) is 15.4. The van der Waals surface area contributed by atoms with Crippen molar-refractivity contribution < 1.29 is 28.0 Å². The standard InChI is InChI=1S/C32H33Cl2N7O6S/c1-19-17-38-24-5-2-7-26(29(24)39-19)47-18-22-23(33)12-13-27(28(22)34)48(45,46)41-16-3-6-25(41)32(43)37-15-4-14-36-31(42)21-10-8-20(9-11-21)30(35)40-44/h2,5,7-13,17,25,44H,3-4,6,14-16,18H2,1H3,(H2,35,40)(H,36,42)(H,37,43). The largest absolute Gasteiger partial charge is 0.486 e. The number of benzene rings is 3. The van der Waals surface area contributed by atoms with Gasteiger partial charge in [0, 0.05) is 47.5 Å². The summed E-state index contributed by atoms with van der Waals surface area (Å²) >= 11 is 13.1. The molecule has 0 spiro atoms. The number of hydrogen-bond donors (Lipinski definition) is 4. The molecule has 0 saturated carbocycles. The number of sulfonamides is 1. The van der Waals surface area contributed by atoms with Crippen LogP contribution < -0.4 is 21.1 Å². The van der Waals surface area contributed by atoms with E-state index in [1.165, 1.54) is 12.1 Å². The molecule has 48 heavy (non-hydrogen) atoms. The molecule has 2 amide bonds. The molecule has 1 fully saturated rings. The van der Waals surface area contributed by atoms with Gasteiger partial charge in [-0.15, -0.1) is 0 Å². The van der Waals surface area contributed by atoms with Crippen LogP contribution in [0.2, 0.25) is 10.0 Å². The van der Waals surface area contributed by atoms with E-state index in [1.807, 2.05) is 6.92 Å². The van der Waals surface area contributed by atoms with Crippen LogP contribution in [-0.4, -0.2) is 71.2 Å². The van der Waals surface area contributed by atoms with Gasteiger partial charge < -0.3 is 26.3 Å². The molecule has 4 aromatic rings. The highest BCUT2D eigenvalue weighted by Crippen LogP contribution is 2.36. The number of nitrogens with one attached hydrogen (secondary N) is 2. The van der Waals surface area contributed by atoms with Crippen LogP contribution in [0.15, 0.2) is 70.8 Å². The third-order valence-corrected chi connectivity index (χ3v) is 10.6. The van der Waals surface area contributed by atoms with Crippen LogP contribution in [0.5, 0.6) is 5.75 Å². The van der Waals surface area contributed by atoms with Gasteiger partial charge in [0.15, 0.2) is 5.84 Å². The summed E-state index contributed by atoms with van der Waals surface area (Å²) in [6, 6.07) is 13.3. The number of aryl methyl sites for hydroxylation is 1. The molecule has 1 atom stereocenters. The predicted octanol–water partition coefficient (Wildman–Crippen LogP) is 4.01. The smallest absolute Gasteiger partial charge is 0.251 e. The van der Waals surface area contributed by atoms with Gasteiger partial charge in [-0.3, -0.25) is 14.6 Å². The van der Waals surface area contributed by atoms with Gasteiger partial charge in [0.05, 0.1) is 16.2 Å². The highest BCUT2D eigenvalue weighted by molar-refractivity contribution is 7.89. The summed E-state index contributed by atoms with van der Waals surface area (Å²) in [6.07, 6.45) is 2.89. The van der Waals surface area contributed by atoms with Gasteiger partial charge >= 0.3 is 0 Å². The number of carbonyl (C=O) groups excluding carboxylic acids is 2. The van der Waals surface area contributed by atoms with Crippen LogP contribution in [0, 0.1) is 6.92 Å². The van der Waals surface area contributed by atoms with Gasteiger partial charge in [-0.05, 0) is 62.6 Å². The maximum absolute atomic E-state index is 13.9. The Hall–Kier alpha value is -4.50. The lowest BCUT2D eigenvalue weighted by atomic mass is 10.1. The van der Waals surface area contributed by atoms with E-state index >= 15 is 0 Å². The number of fused-ring (bicyclic) bond motifs is 1. The van der Waals surface area contributed by atoms with Crippen LogP contribution in [-0.2, 0) is 21.4 Å². The van der Waals surface area contributed by atoms with Crippen molar-refractivity contribution in [1.82, 2.24) is 24.9 Å². The van der Waals surface area contributed by atoms with Gasteiger partial charge in [0.25, 0.3) is 5.91 Å². The molecule has 16 heteroatoms. The minimum Gasteiger partial charge on any atom is -0.486 e. The molecule has 0 bridgehead atoms.